The Morgan fingerprint density at radius 3 is 2.88 bits per heavy atom. The molecular formula is C17H21FN4O3S. The van der Waals surface area contributed by atoms with Crippen LogP contribution in [-0.4, -0.2) is 56.5 Å². The van der Waals surface area contributed by atoms with Crippen LogP contribution in [0.15, 0.2) is 24.4 Å². The number of pyridine rings is 1. The number of halogens is 1. The Labute approximate surface area is 155 Å². The Balaban J connectivity index is 2.17. The van der Waals surface area contributed by atoms with Gasteiger partial charge in [-0.3, -0.25) is 9.78 Å². The van der Waals surface area contributed by atoms with Gasteiger partial charge in [-0.2, -0.15) is 5.26 Å². The van der Waals surface area contributed by atoms with Gasteiger partial charge in [0.2, 0.25) is 5.91 Å². The Morgan fingerprint density at radius 1 is 1.58 bits per heavy atom. The number of hydrogen-bond donors (Lipinski definition) is 2. The minimum absolute atomic E-state index is 0.0520. The van der Waals surface area contributed by atoms with E-state index in [-0.39, 0.29) is 13.0 Å². The van der Waals surface area contributed by atoms with E-state index in [9.17, 15) is 14.0 Å². The van der Waals surface area contributed by atoms with Crippen LogP contribution in [0.25, 0.3) is 0 Å². The number of nitriles is 1. The zero-order chi connectivity index (χ0) is 19.3. The van der Waals surface area contributed by atoms with Crippen molar-refractivity contribution in [2.75, 3.05) is 6.54 Å². The summed E-state index contributed by atoms with van der Waals surface area (Å²) >= 11 is 1.37. The molecule has 9 heteroatoms. The van der Waals surface area contributed by atoms with Crippen molar-refractivity contribution in [3.8, 4) is 6.07 Å². The third-order valence-corrected chi connectivity index (χ3v) is 5.63. The molecule has 2 amide bonds. The molecule has 1 aliphatic heterocycles. The number of rotatable bonds is 6. The maximum absolute atomic E-state index is 13.7. The van der Waals surface area contributed by atoms with Crippen LogP contribution in [0.5, 0.6) is 0 Å². The molecule has 0 radical (unpaired) electrons. The van der Waals surface area contributed by atoms with Crippen molar-refractivity contribution < 1.29 is 19.1 Å². The Kier molecular flexibility index (Phi) is 6.42. The molecule has 0 spiro atoms. The summed E-state index contributed by atoms with van der Waals surface area (Å²) in [6.45, 7) is 3.28. The average Bonchev–Trinajstić information content (AvgIpc) is 2.99. The standard InChI is InChI=1S/C17H21FN4O3S/c1-17(2,26-10-12-5-3-4-6-20-12)14(21-16(24)25)15(23)22-9-11(18)7-13(22)8-19/h3-6,11,13-14,21H,7,9-10H2,1-2H3,(H,24,25)/t11-,13-,14+/m0/s1. The monoisotopic (exact) mass is 380 g/mol. The third kappa shape index (κ3) is 4.85. The predicted molar refractivity (Wildman–Crippen MR) is 95.2 cm³/mol. The van der Waals surface area contributed by atoms with Crippen molar-refractivity contribution in [3.63, 3.8) is 0 Å². The summed E-state index contributed by atoms with van der Waals surface area (Å²) in [4.78, 5) is 29.5. The molecule has 0 bridgehead atoms. The number of carbonyl (C=O) groups excluding carboxylic acids is 1. The van der Waals surface area contributed by atoms with Crippen LogP contribution >= 0.6 is 11.8 Å². The van der Waals surface area contributed by atoms with Gasteiger partial charge in [0.25, 0.3) is 0 Å². The van der Waals surface area contributed by atoms with Gasteiger partial charge in [-0.25, -0.2) is 9.18 Å². The second kappa shape index (κ2) is 8.36. The fourth-order valence-electron chi connectivity index (χ4n) is 2.80. The SMILES string of the molecule is CC(C)(SCc1ccccn1)[C@H](NC(=O)O)C(=O)N1C[C@@H](F)C[C@H]1C#N. The van der Waals surface area contributed by atoms with E-state index in [0.29, 0.717) is 5.75 Å². The number of alkyl halides is 1. The highest BCUT2D eigenvalue weighted by atomic mass is 32.2. The minimum atomic E-state index is -1.35. The van der Waals surface area contributed by atoms with E-state index in [4.69, 9.17) is 10.4 Å². The van der Waals surface area contributed by atoms with Crippen LogP contribution in [0.2, 0.25) is 0 Å². The first kappa shape index (κ1) is 20.0. The number of likely N-dealkylation sites (tertiary alicyclic amines) is 1. The number of carbonyl (C=O) groups is 2. The van der Waals surface area contributed by atoms with Crippen molar-refractivity contribution in [2.45, 2.75) is 49.0 Å². The van der Waals surface area contributed by atoms with Crippen LogP contribution < -0.4 is 5.32 Å². The van der Waals surface area contributed by atoms with Gasteiger partial charge in [-0.05, 0) is 26.0 Å². The van der Waals surface area contributed by atoms with E-state index in [2.05, 4.69) is 10.3 Å². The number of thioether (sulfide) groups is 1. The number of hydrogen-bond acceptors (Lipinski definition) is 5. The first-order valence-electron chi connectivity index (χ1n) is 8.12. The van der Waals surface area contributed by atoms with Gasteiger partial charge < -0.3 is 15.3 Å². The topological polar surface area (TPSA) is 106 Å². The van der Waals surface area contributed by atoms with Crippen LogP contribution in [0.4, 0.5) is 9.18 Å². The van der Waals surface area contributed by atoms with E-state index in [1.54, 1.807) is 26.1 Å². The van der Waals surface area contributed by atoms with Gasteiger partial charge in [0.05, 0.1) is 18.3 Å². The molecule has 0 saturated carbocycles. The molecule has 1 aliphatic rings. The van der Waals surface area contributed by atoms with Crippen molar-refractivity contribution >= 4 is 23.8 Å². The van der Waals surface area contributed by atoms with Gasteiger partial charge in [-0.1, -0.05) is 6.07 Å². The minimum Gasteiger partial charge on any atom is -0.465 e. The molecule has 0 aliphatic carbocycles. The highest BCUT2D eigenvalue weighted by Gasteiger charge is 2.44. The van der Waals surface area contributed by atoms with Crippen molar-refractivity contribution in [3.05, 3.63) is 30.1 Å². The second-order valence-corrected chi connectivity index (χ2v) is 8.19. The molecule has 7 nitrogen and oxygen atoms in total. The smallest absolute Gasteiger partial charge is 0.405 e. The maximum Gasteiger partial charge on any atom is 0.405 e. The van der Waals surface area contributed by atoms with E-state index >= 15 is 0 Å². The lowest BCUT2D eigenvalue weighted by Gasteiger charge is -2.35. The molecule has 0 unspecified atom stereocenters. The van der Waals surface area contributed by atoms with Crippen molar-refractivity contribution in [1.82, 2.24) is 15.2 Å². The summed E-state index contributed by atoms with van der Waals surface area (Å²) in [5.74, 6) is -0.107. The number of aromatic nitrogens is 1. The zero-order valence-corrected chi connectivity index (χ0v) is 15.4. The quantitative estimate of drug-likeness (QED) is 0.784. The lowest BCUT2D eigenvalue weighted by Crippen LogP contribution is -2.58. The molecule has 140 valence electrons. The highest BCUT2D eigenvalue weighted by molar-refractivity contribution is 7.99. The van der Waals surface area contributed by atoms with E-state index in [1.165, 1.54) is 11.8 Å². The van der Waals surface area contributed by atoms with Gasteiger partial charge in [-0.15, -0.1) is 11.8 Å². The molecule has 26 heavy (non-hydrogen) atoms. The van der Waals surface area contributed by atoms with Gasteiger partial charge in [0.1, 0.15) is 18.3 Å². The lowest BCUT2D eigenvalue weighted by molar-refractivity contribution is -0.134. The normalized spacial score (nSPS) is 21.1. The van der Waals surface area contributed by atoms with Gasteiger partial charge in [0, 0.05) is 23.1 Å². The highest BCUT2D eigenvalue weighted by Crippen LogP contribution is 2.33. The maximum atomic E-state index is 13.7. The van der Waals surface area contributed by atoms with Gasteiger partial charge in [0.15, 0.2) is 0 Å². The molecule has 2 rings (SSSR count). The summed E-state index contributed by atoms with van der Waals surface area (Å²) in [5.41, 5.74) is 0.798. The second-order valence-electron chi connectivity index (χ2n) is 6.56. The Hall–Kier alpha value is -2.34. The number of nitrogens with one attached hydrogen (secondary N) is 1. The Bertz CT molecular complexity index is 695. The Morgan fingerprint density at radius 2 is 2.31 bits per heavy atom. The number of nitrogens with zero attached hydrogens (tertiary/aromatic N) is 3. The van der Waals surface area contributed by atoms with Crippen molar-refractivity contribution in [1.29, 1.82) is 5.26 Å². The van der Waals surface area contributed by atoms with Crippen LogP contribution in [0.1, 0.15) is 26.0 Å². The molecule has 1 fully saturated rings. The van der Waals surface area contributed by atoms with Crippen LogP contribution in [0, 0.1) is 11.3 Å². The molecule has 2 N–H and O–H groups in total. The molecule has 1 saturated heterocycles. The number of amides is 2. The molecule has 2 heterocycles. The molecule has 3 atom stereocenters. The van der Waals surface area contributed by atoms with Gasteiger partial charge >= 0.3 is 6.09 Å². The fourth-order valence-corrected chi connectivity index (χ4v) is 3.82. The summed E-state index contributed by atoms with van der Waals surface area (Å²) < 4.78 is 12.8. The van der Waals surface area contributed by atoms with E-state index < -0.39 is 35.0 Å². The lowest BCUT2D eigenvalue weighted by atomic mass is 10.0. The fraction of sp³-hybridized carbons (Fsp3) is 0.529. The molecule has 0 aromatic carbocycles. The summed E-state index contributed by atoms with van der Waals surface area (Å²) in [7, 11) is 0. The molecule has 1 aromatic heterocycles. The summed E-state index contributed by atoms with van der Waals surface area (Å²) in [6.07, 6.45) is -1.02. The van der Waals surface area contributed by atoms with E-state index in [0.717, 1.165) is 10.6 Å². The number of carboxylic acid groups (broad SMARTS) is 1. The van der Waals surface area contributed by atoms with E-state index in [1.807, 2.05) is 18.2 Å². The van der Waals surface area contributed by atoms with Crippen LogP contribution in [-0.2, 0) is 10.5 Å². The first-order valence-corrected chi connectivity index (χ1v) is 9.10. The third-order valence-electron chi connectivity index (χ3n) is 4.21. The largest absolute Gasteiger partial charge is 0.465 e. The molecular weight excluding hydrogens is 359 g/mol. The van der Waals surface area contributed by atoms with Crippen LogP contribution in [0.3, 0.4) is 0 Å². The zero-order valence-electron chi connectivity index (χ0n) is 14.6. The summed E-state index contributed by atoms with van der Waals surface area (Å²) in [6, 6.07) is 5.39. The average molecular weight is 380 g/mol. The summed E-state index contributed by atoms with van der Waals surface area (Å²) in [5, 5.41) is 20.6. The molecule has 1 aromatic rings. The van der Waals surface area contributed by atoms with Crippen molar-refractivity contribution in [2.24, 2.45) is 0 Å². The first-order chi connectivity index (χ1) is 12.2. The predicted octanol–water partition coefficient (Wildman–Crippen LogP) is 2.19.